The van der Waals surface area contributed by atoms with Gasteiger partial charge in [0.25, 0.3) is 0 Å². The quantitative estimate of drug-likeness (QED) is 0.886. The number of carbonyl (C=O) groups is 1. The van der Waals surface area contributed by atoms with E-state index in [-0.39, 0.29) is 11.8 Å². The second-order valence-corrected chi connectivity index (χ2v) is 5.43. The molecule has 1 aromatic rings. The van der Waals surface area contributed by atoms with E-state index in [1.165, 1.54) is 0 Å². The highest BCUT2D eigenvalue weighted by Gasteiger charge is 2.16. The second-order valence-electron chi connectivity index (χ2n) is 5.07. The lowest BCUT2D eigenvalue weighted by Gasteiger charge is -2.18. The smallest absolute Gasteiger partial charge is 0.303 e. The number of nitrogens with zero attached hydrogens (tertiary/aromatic N) is 2. The summed E-state index contributed by atoms with van der Waals surface area (Å²) in [5.74, 6) is -0.820. The molecule has 0 spiro atoms. The van der Waals surface area contributed by atoms with Crippen LogP contribution in [0.2, 0.25) is 5.15 Å². The van der Waals surface area contributed by atoms with Crippen molar-refractivity contribution in [3.63, 3.8) is 0 Å². The van der Waals surface area contributed by atoms with Crippen molar-refractivity contribution in [1.82, 2.24) is 9.78 Å². The van der Waals surface area contributed by atoms with Crippen LogP contribution in [-0.2, 0) is 17.8 Å². The largest absolute Gasteiger partial charge is 0.481 e. The lowest BCUT2D eigenvalue weighted by atomic mass is 9.97. The van der Waals surface area contributed by atoms with Crippen LogP contribution in [0.4, 0.5) is 0 Å². The average molecular weight is 245 g/mol. The normalized spacial score (nSPS) is 11.8. The number of carboxylic acids is 1. The van der Waals surface area contributed by atoms with Crippen LogP contribution in [0.15, 0.2) is 6.20 Å². The summed E-state index contributed by atoms with van der Waals surface area (Å²) in [5.41, 5.74) is 0.896. The molecule has 90 valence electrons. The van der Waals surface area contributed by atoms with Crippen LogP contribution in [0.5, 0.6) is 0 Å². The van der Waals surface area contributed by atoms with Gasteiger partial charge in [0.2, 0.25) is 0 Å². The highest BCUT2D eigenvalue weighted by atomic mass is 35.5. The van der Waals surface area contributed by atoms with Crippen molar-refractivity contribution in [2.24, 2.45) is 5.41 Å². The molecular formula is C11H17ClN2O2. The Morgan fingerprint density at radius 1 is 1.56 bits per heavy atom. The summed E-state index contributed by atoms with van der Waals surface area (Å²) in [4.78, 5) is 10.4. The van der Waals surface area contributed by atoms with Crippen molar-refractivity contribution in [2.45, 2.75) is 40.2 Å². The zero-order valence-electron chi connectivity index (χ0n) is 9.83. The Hall–Kier alpha value is -1.03. The summed E-state index contributed by atoms with van der Waals surface area (Å²) in [6.45, 7) is 7.02. The number of aliphatic carboxylic acids is 1. The summed E-state index contributed by atoms with van der Waals surface area (Å²) < 4.78 is 1.72. The predicted octanol–water partition coefficient (Wildman–Crippen LogP) is 2.60. The molecule has 0 bridgehead atoms. The number of carboxylic acid groups (broad SMARTS) is 1. The van der Waals surface area contributed by atoms with Crippen LogP contribution < -0.4 is 0 Å². The molecule has 0 unspecified atom stereocenters. The molecule has 0 amide bonds. The maximum Gasteiger partial charge on any atom is 0.303 e. The third kappa shape index (κ3) is 3.85. The van der Waals surface area contributed by atoms with Crippen molar-refractivity contribution < 1.29 is 9.90 Å². The van der Waals surface area contributed by atoms with Gasteiger partial charge in [-0.15, -0.1) is 0 Å². The molecule has 0 fully saturated rings. The molecule has 0 aromatic carbocycles. The van der Waals surface area contributed by atoms with E-state index in [0.717, 1.165) is 12.1 Å². The highest BCUT2D eigenvalue weighted by Crippen LogP contribution is 2.22. The van der Waals surface area contributed by atoms with Crippen molar-refractivity contribution in [2.75, 3.05) is 0 Å². The van der Waals surface area contributed by atoms with E-state index in [4.69, 9.17) is 16.7 Å². The van der Waals surface area contributed by atoms with Gasteiger partial charge in [0, 0.05) is 18.5 Å². The van der Waals surface area contributed by atoms with Crippen molar-refractivity contribution >= 4 is 17.6 Å². The van der Waals surface area contributed by atoms with E-state index >= 15 is 0 Å². The van der Waals surface area contributed by atoms with Gasteiger partial charge in [-0.05, 0) is 11.8 Å². The fourth-order valence-corrected chi connectivity index (χ4v) is 1.62. The molecule has 0 atom stereocenters. The van der Waals surface area contributed by atoms with Gasteiger partial charge in [-0.2, -0.15) is 5.10 Å². The maximum absolute atomic E-state index is 10.4. The van der Waals surface area contributed by atoms with Crippen LogP contribution in [0.25, 0.3) is 0 Å². The number of rotatable bonds is 4. The van der Waals surface area contributed by atoms with E-state index in [2.05, 4.69) is 25.9 Å². The molecule has 1 rings (SSSR count). The molecule has 1 aromatic heterocycles. The van der Waals surface area contributed by atoms with Crippen LogP contribution in [0.3, 0.4) is 0 Å². The van der Waals surface area contributed by atoms with E-state index in [9.17, 15) is 4.79 Å². The Labute approximate surface area is 100 Å². The zero-order chi connectivity index (χ0) is 12.3. The number of halogens is 1. The van der Waals surface area contributed by atoms with Crippen molar-refractivity contribution in [1.29, 1.82) is 0 Å². The molecular weight excluding hydrogens is 228 g/mol. The third-order valence-electron chi connectivity index (χ3n) is 2.08. The monoisotopic (exact) mass is 244 g/mol. The molecule has 0 saturated carbocycles. The molecule has 0 aliphatic heterocycles. The lowest BCUT2D eigenvalue weighted by Crippen LogP contribution is -2.16. The van der Waals surface area contributed by atoms with Crippen LogP contribution in [-0.4, -0.2) is 20.9 Å². The van der Waals surface area contributed by atoms with Crippen molar-refractivity contribution in [3.8, 4) is 0 Å². The van der Waals surface area contributed by atoms with Gasteiger partial charge in [0.15, 0.2) is 0 Å². The van der Waals surface area contributed by atoms with Crippen LogP contribution in [0.1, 0.15) is 32.8 Å². The van der Waals surface area contributed by atoms with Crippen LogP contribution >= 0.6 is 11.6 Å². The van der Waals surface area contributed by atoms with Gasteiger partial charge >= 0.3 is 5.97 Å². The summed E-state index contributed by atoms with van der Waals surface area (Å²) in [7, 11) is 0. The summed E-state index contributed by atoms with van der Waals surface area (Å²) in [6.07, 6.45) is 2.16. The average Bonchev–Trinajstić information content (AvgIpc) is 2.43. The number of aromatic nitrogens is 2. The lowest BCUT2D eigenvalue weighted by molar-refractivity contribution is -0.136. The molecule has 0 aliphatic carbocycles. The highest BCUT2D eigenvalue weighted by molar-refractivity contribution is 6.30. The van der Waals surface area contributed by atoms with Crippen LogP contribution in [0, 0.1) is 5.41 Å². The van der Waals surface area contributed by atoms with E-state index in [1.54, 1.807) is 10.9 Å². The zero-order valence-corrected chi connectivity index (χ0v) is 10.6. The molecule has 5 heteroatoms. The Morgan fingerprint density at radius 3 is 2.69 bits per heavy atom. The number of aryl methyl sites for hydroxylation is 1. The van der Waals surface area contributed by atoms with Gasteiger partial charge in [0.05, 0.1) is 6.20 Å². The SMILES string of the molecule is CC(C)(C)Cn1ncc(CCC(=O)O)c1Cl. The summed E-state index contributed by atoms with van der Waals surface area (Å²) >= 11 is 6.12. The molecule has 16 heavy (non-hydrogen) atoms. The molecule has 1 N–H and O–H groups in total. The fraction of sp³-hybridized carbons (Fsp3) is 0.636. The second kappa shape index (κ2) is 4.87. The standard InChI is InChI=1S/C11H17ClN2O2/c1-11(2,3)7-14-10(12)8(6-13-14)4-5-9(15)16/h6H,4-5,7H2,1-3H3,(H,15,16). The number of hydrogen-bond acceptors (Lipinski definition) is 2. The summed E-state index contributed by atoms with van der Waals surface area (Å²) in [5, 5.41) is 13.3. The molecule has 0 aliphatic rings. The first-order chi connectivity index (χ1) is 7.29. The van der Waals surface area contributed by atoms with E-state index < -0.39 is 5.97 Å². The number of hydrogen-bond donors (Lipinski definition) is 1. The third-order valence-corrected chi connectivity index (χ3v) is 2.51. The molecule has 0 radical (unpaired) electrons. The molecule has 0 saturated heterocycles. The van der Waals surface area contributed by atoms with E-state index in [1.807, 2.05) is 0 Å². The Bertz CT molecular complexity index is 380. The summed E-state index contributed by atoms with van der Waals surface area (Å²) in [6, 6.07) is 0. The first-order valence-electron chi connectivity index (χ1n) is 5.21. The first kappa shape index (κ1) is 13.0. The van der Waals surface area contributed by atoms with Crippen molar-refractivity contribution in [3.05, 3.63) is 16.9 Å². The van der Waals surface area contributed by atoms with Gasteiger partial charge < -0.3 is 5.11 Å². The fourth-order valence-electron chi connectivity index (χ4n) is 1.38. The minimum Gasteiger partial charge on any atom is -0.481 e. The minimum absolute atomic E-state index is 0.0843. The Balaban J connectivity index is 2.72. The predicted molar refractivity (Wildman–Crippen MR) is 62.6 cm³/mol. The van der Waals surface area contributed by atoms with Gasteiger partial charge in [0.1, 0.15) is 5.15 Å². The molecule has 1 heterocycles. The van der Waals surface area contributed by atoms with E-state index in [0.29, 0.717) is 11.6 Å². The first-order valence-corrected chi connectivity index (χ1v) is 5.59. The Morgan fingerprint density at radius 2 is 2.19 bits per heavy atom. The van der Waals surface area contributed by atoms with Gasteiger partial charge in [-0.25, -0.2) is 0 Å². The topological polar surface area (TPSA) is 55.1 Å². The minimum atomic E-state index is -0.820. The van der Waals surface area contributed by atoms with Gasteiger partial charge in [-0.3, -0.25) is 9.48 Å². The van der Waals surface area contributed by atoms with Gasteiger partial charge in [-0.1, -0.05) is 32.4 Å². The molecule has 4 nitrogen and oxygen atoms in total. The Kier molecular flexibility index (Phi) is 3.97. The maximum atomic E-state index is 10.4.